The highest BCUT2D eigenvalue weighted by Gasteiger charge is 2.39. The molecule has 20 heavy (non-hydrogen) atoms. The summed E-state index contributed by atoms with van der Waals surface area (Å²) >= 11 is 0. The summed E-state index contributed by atoms with van der Waals surface area (Å²) in [5.74, 6) is 0.110. The lowest BCUT2D eigenvalue weighted by Crippen LogP contribution is -2.59. The van der Waals surface area contributed by atoms with Crippen molar-refractivity contribution in [2.75, 3.05) is 25.0 Å². The van der Waals surface area contributed by atoms with Crippen LogP contribution < -0.4 is 5.32 Å². The number of nitrogens with zero attached hydrogens (tertiary/aromatic N) is 1. The largest absolute Gasteiger partial charge is 0.376 e. The number of ether oxygens (including phenoxy) is 1. The molecule has 110 valence electrons. The molecule has 2 rings (SSSR count). The third kappa shape index (κ3) is 3.97. The first-order valence-electron chi connectivity index (χ1n) is 7.04. The lowest BCUT2D eigenvalue weighted by Gasteiger charge is -2.47. The van der Waals surface area contributed by atoms with Gasteiger partial charge in [-0.2, -0.15) is 0 Å². The van der Waals surface area contributed by atoms with E-state index in [0.29, 0.717) is 19.6 Å². The molecule has 0 atom stereocenters. The maximum atomic E-state index is 12.4. The second-order valence-electron chi connectivity index (χ2n) is 6.59. The Morgan fingerprint density at radius 2 is 1.70 bits per heavy atom. The number of nitrogens with one attached hydrogen (secondary N) is 1. The van der Waals surface area contributed by atoms with Crippen LogP contribution in [-0.4, -0.2) is 41.6 Å². The minimum Gasteiger partial charge on any atom is -0.376 e. The molecule has 1 aromatic carbocycles. The first kappa shape index (κ1) is 14.9. The predicted octanol–water partition coefficient (Wildman–Crippen LogP) is 2.51. The van der Waals surface area contributed by atoms with E-state index in [4.69, 9.17) is 4.74 Å². The summed E-state index contributed by atoms with van der Waals surface area (Å²) in [6.07, 6.45) is 0. The SMILES string of the molecule is CC1(C)CN(C(=O)CNc2ccccc2)CC(C)(C)O1. The number of benzene rings is 1. The van der Waals surface area contributed by atoms with Crippen molar-refractivity contribution in [1.82, 2.24) is 4.90 Å². The van der Waals surface area contributed by atoms with E-state index in [0.717, 1.165) is 5.69 Å². The zero-order chi connectivity index (χ0) is 14.8. The third-order valence-electron chi connectivity index (χ3n) is 3.27. The van der Waals surface area contributed by atoms with Crippen LogP contribution in [0.2, 0.25) is 0 Å². The highest BCUT2D eigenvalue weighted by atomic mass is 16.5. The summed E-state index contributed by atoms with van der Waals surface area (Å²) in [5.41, 5.74) is 0.363. The summed E-state index contributed by atoms with van der Waals surface area (Å²) < 4.78 is 5.99. The van der Waals surface area contributed by atoms with Crippen LogP contribution in [0.5, 0.6) is 0 Å². The van der Waals surface area contributed by atoms with Crippen molar-refractivity contribution < 1.29 is 9.53 Å². The molecule has 1 N–H and O–H groups in total. The number of hydrogen-bond donors (Lipinski definition) is 1. The molecule has 1 aromatic rings. The molecule has 1 heterocycles. The first-order valence-corrected chi connectivity index (χ1v) is 7.04. The molecule has 4 heteroatoms. The number of anilines is 1. The normalized spacial score (nSPS) is 20.5. The number of rotatable bonds is 3. The average Bonchev–Trinajstić information content (AvgIpc) is 2.33. The van der Waals surface area contributed by atoms with Crippen LogP contribution in [0.3, 0.4) is 0 Å². The third-order valence-corrected chi connectivity index (χ3v) is 3.27. The summed E-state index contributed by atoms with van der Waals surface area (Å²) in [6, 6.07) is 9.78. The van der Waals surface area contributed by atoms with Gasteiger partial charge in [-0.3, -0.25) is 4.79 Å². The number of morpholine rings is 1. The maximum absolute atomic E-state index is 12.4. The molecule has 0 radical (unpaired) electrons. The average molecular weight is 276 g/mol. The molecule has 0 unspecified atom stereocenters. The van der Waals surface area contributed by atoms with Crippen LogP contribution in [0.4, 0.5) is 5.69 Å². The van der Waals surface area contributed by atoms with Crippen molar-refractivity contribution in [1.29, 1.82) is 0 Å². The second-order valence-corrected chi connectivity index (χ2v) is 6.59. The van der Waals surface area contributed by atoms with Gasteiger partial charge >= 0.3 is 0 Å². The molecule has 0 spiro atoms. The second kappa shape index (κ2) is 5.44. The van der Waals surface area contributed by atoms with Gasteiger partial charge in [0.15, 0.2) is 0 Å². The fourth-order valence-corrected chi connectivity index (χ4v) is 2.81. The molecule has 0 bridgehead atoms. The van der Waals surface area contributed by atoms with Crippen molar-refractivity contribution >= 4 is 11.6 Å². The lowest BCUT2D eigenvalue weighted by molar-refractivity contribution is -0.187. The zero-order valence-electron chi connectivity index (χ0n) is 12.8. The molecule has 1 amide bonds. The van der Waals surface area contributed by atoms with Gasteiger partial charge < -0.3 is 15.0 Å². The maximum Gasteiger partial charge on any atom is 0.242 e. The van der Waals surface area contributed by atoms with Crippen LogP contribution in [0.25, 0.3) is 0 Å². The standard InChI is InChI=1S/C16H24N2O2/c1-15(2)11-18(12-16(3,4)20-15)14(19)10-17-13-8-6-5-7-9-13/h5-9,17H,10-12H2,1-4H3. The molecule has 0 saturated carbocycles. The molecule has 1 fully saturated rings. The van der Waals surface area contributed by atoms with Crippen molar-refractivity contribution in [2.45, 2.75) is 38.9 Å². The van der Waals surface area contributed by atoms with Gasteiger partial charge in [-0.05, 0) is 39.8 Å². The van der Waals surface area contributed by atoms with E-state index in [1.807, 2.05) is 62.9 Å². The van der Waals surface area contributed by atoms with Crippen molar-refractivity contribution in [3.63, 3.8) is 0 Å². The fourth-order valence-electron chi connectivity index (χ4n) is 2.81. The minimum absolute atomic E-state index is 0.110. The van der Waals surface area contributed by atoms with Gasteiger partial charge in [0.05, 0.1) is 17.7 Å². The number of para-hydroxylation sites is 1. The molecule has 0 aromatic heterocycles. The van der Waals surface area contributed by atoms with Crippen LogP contribution in [0, 0.1) is 0 Å². The van der Waals surface area contributed by atoms with E-state index >= 15 is 0 Å². The van der Waals surface area contributed by atoms with Gasteiger partial charge in [-0.15, -0.1) is 0 Å². The highest BCUT2D eigenvalue weighted by Crippen LogP contribution is 2.28. The van der Waals surface area contributed by atoms with E-state index < -0.39 is 0 Å². The van der Waals surface area contributed by atoms with E-state index in [9.17, 15) is 4.79 Å². The van der Waals surface area contributed by atoms with Gasteiger partial charge in [-0.1, -0.05) is 18.2 Å². The van der Waals surface area contributed by atoms with Crippen LogP contribution in [-0.2, 0) is 9.53 Å². The van der Waals surface area contributed by atoms with E-state index in [1.165, 1.54) is 0 Å². The molecular formula is C16H24N2O2. The summed E-state index contributed by atoms with van der Waals surface area (Å²) in [4.78, 5) is 14.2. The number of carbonyl (C=O) groups excluding carboxylic acids is 1. The molecule has 1 aliphatic rings. The van der Waals surface area contributed by atoms with Gasteiger partial charge in [-0.25, -0.2) is 0 Å². The molecule has 1 aliphatic heterocycles. The predicted molar refractivity (Wildman–Crippen MR) is 80.8 cm³/mol. The number of hydrogen-bond acceptors (Lipinski definition) is 3. The Labute approximate surface area is 121 Å². The Morgan fingerprint density at radius 3 is 2.25 bits per heavy atom. The van der Waals surface area contributed by atoms with Crippen LogP contribution in [0.1, 0.15) is 27.7 Å². The van der Waals surface area contributed by atoms with Crippen LogP contribution >= 0.6 is 0 Å². The fraction of sp³-hybridized carbons (Fsp3) is 0.562. The smallest absolute Gasteiger partial charge is 0.242 e. The molecular weight excluding hydrogens is 252 g/mol. The quantitative estimate of drug-likeness (QED) is 0.922. The summed E-state index contributed by atoms with van der Waals surface area (Å²) in [6.45, 7) is 9.68. The van der Waals surface area contributed by atoms with Gasteiger partial charge in [0.2, 0.25) is 5.91 Å². The lowest BCUT2D eigenvalue weighted by atomic mass is 9.99. The number of amides is 1. The van der Waals surface area contributed by atoms with Crippen molar-refractivity contribution in [3.8, 4) is 0 Å². The summed E-state index contributed by atoms with van der Waals surface area (Å²) in [5, 5.41) is 3.16. The van der Waals surface area contributed by atoms with E-state index in [-0.39, 0.29) is 17.1 Å². The zero-order valence-corrected chi connectivity index (χ0v) is 12.8. The van der Waals surface area contributed by atoms with Gasteiger partial charge in [0, 0.05) is 18.8 Å². The molecule has 0 aliphatic carbocycles. The Hall–Kier alpha value is -1.55. The first-order chi connectivity index (χ1) is 9.27. The Kier molecular flexibility index (Phi) is 4.04. The van der Waals surface area contributed by atoms with E-state index in [1.54, 1.807) is 0 Å². The molecule has 4 nitrogen and oxygen atoms in total. The molecule has 1 saturated heterocycles. The Morgan fingerprint density at radius 1 is 1.15 bits per heavy atom. The van der Waals surface area contributed by atoms with E-state index in [2.05, 4.69) is 5.32 Å². The van der Waals surface area contributed by atoms with Crippen LogP contribution in [0.15, 0.2) is 30.3 Å². The topological polar surface area (TPSA) is 41.6 Å². The minimum atomic E-state index is -0.301. The monoisotopic (exact) mass is 276 g/mol. The van der Waals surface area contributed by atoms with Gasteiger partial charge in [0.25, 0.3) is 0 Å². The number of carbonyl (C=O) groups is 1. The Balaban J connectivity index is 1.95. The van der Waals surface area contributed by atoms with Crippen molar-refractivity contribution in [3.05, 3.63) is 30.3 Å². The Bertz CT molecular complexity index is 453. The van der Waals surface area contributed by atoms with Gasteiger partial charge in [0.1, 0.15) is 0 Å². The highest BCUT2D eigenvalue weighted by molar-refractivity contribution is 5.81. The summed E-state index contributed by atoms with van der Waals surface area (Å²) in [7, 11) is 0. The van der Waals surface area contributed by atoms with Crippen molar-refractivity contribution in [2.24, 2.45) is 0 Å².